The van der Waals surface area contributed by atoms with Gasteiger partial charge in [0.1, 0.15) is 11.6 Å². The largest absolute Gasteiger partial charge is 0.383 e. The van der Waals surface area contributed by atoms with E-state index in [1.54, 1.807) is 10.7 Å². The third kappa shape index (κ3) is 2.00. The number of rotatable bonds is 2. The molecule has 1 saturated carbocycles. The Bertz CT molecular complexity index is 650. The SMILES string of the molecule is CC1CC1c1nn(C)c(N)c1-c1ccc(F)cc1Cl. The number of nitrogen functional groups attached to an aromatic ring is 1. The highest BCUT2D eigenvalue weighted by Gasteiger charge is 2.39. The van der Waals surface area contributed by atoms with Gasteiger partial charge >= 0.3 is 0 Å². The molecule has 100 valence electrons. The minimum atomic E-state index is -0.349. The summed E-state index contributed by atoms with van der Waals surface area (Å²) < 4.78 is 14.8. The molecule has 0 bridgehead atoms. The fourth-order valence-corrected chi connectivity index (χ4v) is 2.75. The van der Waals surface area contributed by atoms with E-state index in [-0.39, 0.29) is 5.82 Å². The van der Waals surface area contributed by atoms with Crippen LogP contribution in [0.1, 0.15) is 25.0 Å². The molecule has 2 unspecified atom stereocenters. The molecule has 0 amide bonds. The average Bonchev–Trinajstić information content (AvgIpc) is 2.99. The van der Waals surface area contributed by atoms with E-state index in [0.717, 1.165) is 23.2 Å². The topological polar surface area (TPSA) is 43.8 Å². The summed E-state index contributed by atoms with van der Waals surface area (Å²) in [6, 6.07) is 4.37. The molecule has 1 aliphatic carbocycles. The van der Waals surface area contributed by atoms with Crippen LogP contribution in [0.3, 0.4) is 0 Å². The fraction of sp³-hybridized carbons (Fsp3) is 0.357. The number of anilines is 1. The second kappa shape index (κ2) is 4.23. The maximum absolute atomic E-state index is 13.2. The van der Waals surface area contributed by atoms with Crippen LogP contribution < -0.4 is 5.73 Å². The quantitative estimate of drug-likeness (QED) is 0.913. The number of nitrogens with zero attached hydrogens (tertiary/aromatic N) is 2. The van der Waals surface area contributed by atoms with Crippen molar-refractivity contribution in [3.63, 3.8) is 0 Å². The lowest BCUT2D eigenvalue weighted by Crippen LogP contribution is -1.98. The van der Waals surface area contributed by atoms with Gasteiger partial charge in [-0.2, -0.15) is 5.10 Å². The number of hydrogen-bond acceptors (Lipinski definition) is 2. The van der Waals surface area contributed by atoms with Crippen LogP contribution in [0.5, 0.6) is 0 Å². The first-order chi connectivity index (χ1) is 8.99. The Labute approximate surface area is 116 Å². The Balaban J connectivity index is 2.18. The van der Waals surface area contributed by atoms with Crippen LogP contribution in [-0.2, 0) is 7.05 Å². The Hall–Kier alpha value is -1.55. The number of halogens is 2. The number of aromatic nitrogens is 2. The summed E-state index contributed by atoms with van der Waals surface area (Å²) in [6.45, 7) is 2.19. The molecule has 5 heteroatoms. The van der Waals surface area contributed by atoms with Gasteiger partial charge in [0.15, 0.2) is 0 Å². The lowest BCUT2D eigenvalue weighted by atomic mass is 10.0. The Kier molecular flexibility index (Phi) is 2.78. The molecule has 2 aromatic rings. The van der Waals surface area contributed by atoms with Crippen molar-refractivity contribution in [1.82, 2.24) is 9.78 Å². The highest BCUT2D eigenvalue weighted by Crippen LogP contribution is 2.51. The van der Waals surface area contributed by atoms with Gasteiger partial charge in [-0.25, -0.2) is 4.39 Å². The molecule has 0 aliphatic heterocycles. The van der Waals surface area contributed by atoms with Crippen molar-refractivity contribution in [3.8, 4) is 11.1 Å². The van der Waals surface area contributed by atoms with Crippen molar-refractivity contribution < 1.29 is 4.39 Å². The first kappa shape index (κ1) is 12.5. The minimum absolute atomic E-state index is 0.349. The molecule has 19 heavy (non-hydrogen) atoms. The second-order valence-corrected chi connectivity index (χ2v) is 5.62. The number of nitrogens with two attached hydrogens (primary N) is 1. The maximum Gasteiger partial charge on any atom is 0.129 e. The predicted molar refractivity (Wildman–Crippen MR) is 74.5 cm³/mol. The molecule has 0 radical (unpaired) electrons. The maximum atomic E-state index is 13.2. The highest BCUT2D eigenvalue weighted by molar-refractivity contribution is 6.33. The lowest BCUT2D eigenvalue weighted by Gasteiger charge is -2.06. The zero-order valence-electron chi connectivity index (χ0n) is 10.8. The first-order valence-corrected chi connectivity index (χ1v) is 6.64. The second-order valence-electron chi connectivity index (χ2n) is 5.21. The monoisotopic (exact) mass is 279 g/mol. The van der Waals surface area contributed by atoms with E-state index in [0.29, 0.717) is 22.7 Å². The lowest BCUT2D eigenvalue weighted by molar-refractivity contribution is 0.628. The molecule has 0 spiro atoms. The van der Waals surface area contributed by atoms with Gasteiger partial charge in [-0.15, -0.1) is 0 Å². The third-order valence-electron chi connectivity index (χ3n) is 3.78. The Morgan fingerprint density at radius 2 is 2.16 bits per heavy atom. The normalized spacial score (nSPS) is 21.7. The zero-order valence-corrected chi connectivity index (χ0v) is 11.6. The molecular weight excluding hydrogens is 265 g/mol. The standard InChI is InChI=1S/C14H15ClFN3/c1-7-5-10(7)13-12(14(17)19(2)18-13)9-4-3-8(16)6-11(9)15/h3-4,6-7,10H,5,17H2,1-2H3. The van der Waals surface area contributed by atoms with Gasteiger partial charge in [0, 0.05) is 24.1 Å². The van der Waals surface area contributed by atoms with Crippen molar-refractivity contribution in [3.05, 3.63) is 34.7 Å². The predicted octanol–water partition coefficient (Wildman–Crippen LogP) is 3.59. The first-order valence-electron chi connectivity index (χ1n) is 6.26. The minimum Gasteiger partial charge on any atom is -0.383 e. The van der Waals surface area contributed by atoms with Crippen LogP contribution in [0.25, 0.3) is 11.1 Å². The number of hydrogen-bond donors (Lipinski definition) is 1. The fourth-order valence-electron chi connectivity index (χ4n) is 2.49. The van der Waals surface area contributed by atoms with Gasteiger partial charge in [-0.05, 0) is 30.5 Å². The summed E-state index contributed by atoms with van der Waals surface area (Å²) in [6.07, 6.45) is 1.11. The molecule has 2 atom stereocenters. The molecule has 1 aromatic carbocycles. The van der Waals surface area contributed by atoms with Crippen molar-refractivity contribution >= 4 is 17.4 Å². The van der Waals surface area contributed by atoms with Crippen LogP contribution in [0.4, 0.5) is 10.2 Å². The molecule has 1 fully saturated rings. The summed E-state index contributed by atoms with van der Waals surface area (Å²) in [5, 5.41) is 4.87. The van der Waals surface area contributed by atoms with Gasteiger partial charge in [0.05, 0.1) is 10.7 Å². The summed E-state index contributed by atoms with van der Waals surface area (Å²) >= 11 is 6.15. The summed E-state index contributed by atoms with van der Waals surface area (Å²) in [5.74, 6) is 1.27. The van der Waals surface area contributed by atoms with Crippen LogP contribution in [-0.4, -0.2) is 9.78 Å². The van der Waals surface area contributed by atoms with E-state index in [4.69, 9.17) is 17.3 Å². The third-order valence-corrected chi connectivity index (χ3v) is 4.09. The Morgan fingerprint density at radius 1 is 1.47 bits per heavy atom. The van der Waals surface area contributed by atoms with Crippen molar-refractivity contribution in [2.45, 2.75) is 19.3 Å². The van der Waals surface area contributed by atoms with E-state index in [1.807, 2.05) is 7.05 Å². The van der Waals surface area contributed by atoms with Crippen molar-refractivity contribution in [2.75, 3.05) is 5.73 Å². The molecule has 3 nitrogen and oxygen atoms in total. The molecule has 3 rings (SSSR count). The van der Waals surface area contributed by atoms with Crippen molar-refractivity contribution in [2.24, 2.45) is 13.0 Å². The number of aryl methyl sites for hydroxylation is 1. The van der Waals surface area contributed by atoms with Gasteiger partial charge in [-0.3, -0.25) is 4.68 Å². The zero-order chi connectivity index (χ0) is 13.7. The van der Waals surface area contributed by atoms with Crippen LogP contribution >= 0.6 is 11.6 Å². The van der Waals surface area contributed by atoms with E-state index in [9.17, 15) is 4.39 Å². The van der Waals surface area contributed by atoms with E-state index >= 15 is 0 Å². The van der Waals surface area contributed by atoms with Crippen molar-refractivity contribution in [1.29, 1.82) is 0 Å². The molecule has 0 saturated heterocycles. The van der Waals surface area contributed by atoms with E-state index < -0.39 is 0 Å². The highest BCUT2D eigenvalue weighted by atomic mass is 35.5. The molecular formula is C14H15ClFN3. The number of benzene rings is 1. The van der Waals surface area contributed by atoms with Crippen LogP contribution in [0.15, 0.2) is 18.2 Å². The van der Waals surface area contributed by atoms with Gasteiger partial charge < -0.3 is 5.73 Å². The smallest absolute Gasteiger partial charge is 0.129 e. The molecule has 2 N–H and O–H groups in total. The molecule has 1 aromatic heterocycles. The van der Waals surface area contributed by atoms with Gasteiger partial charge in [-0.1, -0.05) is 18.5 Å². The molecule has 1 heterocycles. The van der Waals surface area contributed by atoms with Gasteiger partial charge in [0.25, 0.3) is 0 Å². The Morgan fingerprint density at radius 3 is 2.74 bits per heavy atom. The van der Waals surface area contributed by atoms with Gasteiger partial charge in [0.2, 0.25) is 0 Å². The summed E-state index contributed by atoms with van der Waals surface area (Å²) in [7, 11) is 1.81. The van der Waals surface area contributed by atoms with Crippen LogP contribution in [0, 0.1) is 11.7 Å². The van der Waals surface area contributed by atoms with Crippen LogP contribution in [0.2, 0.25) is 5.02 Å². The van der Waals surface area contributed by atoms with E-state index in [1.165, 1.54) is 12.1 Å². The average molecular weight is 280 g/mol. The summed E-state index contributed by atoms with van der Waals surface area (Å²) in [5.41, 5.74) is 8.68. The molecule has 1 aliphatic rings. The van der Waals surface area contributed by atoms with E-state index in [2.05, 4.69) is 12.0 Å². The summed E-state index contributed by atoms with van der Waals surface area (Å²) in [4.78, 5) is 0.